The molecule has 34 heavy (non-hydrogen) atoms. The molecule has 12 nitrogen and oxygen atoms in total. The smallest absolute Gasteiger partial charge is 0.352 e. The van der Waals surface area contributed by atoms with Gasteiger partial charge in [0.15, 0.2) is 10.8 Å². The van der Waals surface area contributed by atoms with Crippen molar-refractivity contribution < 1.29 is 24.3 Å². The summed E-state index contributed by atoms with van der Waals surface area (Å²) >= 11 is 5.24. The zero-order chi connectivity index (χ0) is 24.4. The summed E-state index contributed by atoms with van der Waals surface area (Å²) in [5, 5.41) is 22.3. The van der Waals surface area contributed by atoms with E-state index in [4.69, 9.17) is 10.6 Å². The van der Waals surface area contributed by atoms with E-state index in [1.54, 1.807) is 5.38 Å². The molecule has 2 aliphatic rings. The number of aliphatic carboxylic acids is 1. The molecule has 2 aliphatic heterocycles. The van der Waals surface area contributed by atoms with Crippen molar-refractivity contribution in [1.29, 1.82) is 0 Å². The standard InChI is InChI=1S/C18H19N7O5S4/c1-3-9-14(22-24-34-9)31-4-7-5-32-16-11(15(27)25(16)12(7)17(28)29)21-13(26)10(23-30-2)8-6-33-18(19)20-8/h6,11,16H,3-5H2,1-2H3,(H2,19,20)(H,21,26)(H,28,29)/b23-10-. The van der Waals surface area contributed by atoms with Gasteiger partial charge in [-0.25, -0.2) is 9.78 Å². The summed E-state index contributed by atoms with van der Waals surface area (Å²) in [7, 11) is 1.28. The van der Waals surface area contributed by atoms with Crippen LogP contribution in [0.15, 0.2) is 26.8 Å². The highest BCUT2D eigenvalue weighted by Gasteiger charge is 2.54. The van der Waals surface area contributed by atoms with Crippen molar-refractivity contribution in [1.82, 2.24) is 24.8 Å². The Hall–Kier alpha value is -2.69. The number of nitrogen functional groups attached to an aromatic ring is 1. The molecular formula is C18H19N7O5S4. The number of carboxylic acid groups (broad SMARTS) is 1. The minimum atomic E-state index is -1.19. The number of carbonyl (C=O) groups excluding carboxylic acids is 2. The number of carboxylic acids is 1. The van der Waals surface area contributed by atoms with E-state index < -0.39 is 29.2 Å². The number of rotatable bonds is 9. The van der Waals surface area contributed by atoms with Gasteiger partial charge < -0.3 is 21.0 Å². The fraction of sp³-hybridized carbons (Fsp3) is 0.389. The highest BCUT2D eigenvalue weighted by Crippen LogP contribution is 2.41. The lowest BCUT2D eigenvalue weighted by Gasteiger charge is -2.49. The Balaban J connectivity index is 1.49. The number of nitrogens with two attached hydrogens (primary N) is 1. The summed E-state index contributed by atoms with van der Waals surface area (Å²) < 4.78 is 3.95. The van der Waals surface area contributed by atoms with Gasteiger partial charge in [-0.2, -0.15) is 0 Å². The number of hydrogen-bond donors (Lipinski definition) is 3. The predicted molar refractivity (Wildman–Crippen MR) is 130 cm³/mol. The summed E-state index contributed by atoms with van der Waals surface area (Å²) in [5.74, 6) is -1.60. The molecular weight excluding hydrogens is 523 g/mol. The molecule has 4 rings (SSSR count). The molecule has 0 spiro atoms. The van der Waals surface area contributed by atoms with Crippen LogP contribution in [0.25, 0.3) is 0 Å². The summed E-state index contributed by atoms with van der Waals surface area (Å²) in [6.07, 6.45) is 0.787. The maximum atomic E-state index is 12.9. The fourth-order valence-electron chi connectivity index (χ4n) is 3.38. The number of aryl methyl sites for hydroxylation is 1. The van der Waals surface area contributed by atoms with Crippen molar-refractivity contribution in [2.45, 2.75) is 29.8 Å². The lowest BCUT2D eigenvalue weighted by atomic mass is 10.0. The molecule has 4 N–H and O–H groups in total. The minimum absolute atomic E-state index is 0.0500. The largest absolute Gasteiger partial charge is 0.477 e. The van der Waals surface area contributed by atoms with Crippen molar-refractivity contribution in [2.75, 3.05) is 24.3 Å². The number of nitrogens with one attached hydrogen (secondary N) is 1. The van der Waals surface area contributed by atoms with Gasteiger partial charge in [0.05, 0.1) is 4.88 Å². The third-order valence-corrected chi connectivity index (χ3v) is 9.03. The van der Waals surface area contributed by atoms with Gasteiger partial charge >= 0.3 is 5.97 Å². The average Bonchev–Trinajstić information content (AvgIpc) is 3.46. The van der Waals surface area contributed by atoms with Crippen LogP contribution in [0, 0.1) is 0 Å². The van der Waals surface area contributed by atoms with Gasteiger partial charge in [-0.05, 0) is 23.5 Å². The van der Waals surface area contributed by atoms with Crippen LogP contribution in [0.5, 0.6) is 0 Å². The number of nitrogens with zero attached hydrogens (tertiary/aromatic N) is 5. The Bertz CT molecular complexity index is 1190. The summed E-state index contributed by atoms with van der Waals surface area (Å²) in [6.45, 7) is 2.00. The fourth-order valence-corrected chi connectivity index (χ4v) is 7.16. The zero-order valence-electron chi connectivity index (χ0n) is 17.9. The van der Waals surface area contributed by atoms with Crippen molar-refractivity contribution >= 4 is 75.0 Å². The summed E-state index contributed by atoms with van der Waals surface area (Å²) in [5.41, 5.74) is 6.29. The van der Waals surface area contributed by atoms with Gasteiger partial charge in [0.1, 0.15) is 34.9 Å². The van der Waals surface area contributed by atoms with Gasteiger partial charge in [-0.15, -0.1) is 28.2 Å². The first kappa shape index (κ1) is 24.4. The molecule has 1 fully saturated rings. The van der Waals surface area contributed by atoms with E-state index in [-0.39, 0.29) is 22.2 Å². The highest BCUT2D eigenvalue weighted by atomic mass is 32.2. The molecule has 2 amide bonds. The Labute approximate surface area is 210 Å². The van der Waals surface area contributed by atoms with Crippen LogP contribution in [0.1, 0.15) is 17.5 Å². The third-order valence-electron chi connectivity index (χ3n) is 4.92. The Morgan fingerprint density at radius 2 is 2.26 bits per heavy atom. The number of thioether (sulfide) groups is 2. The average molecular weight is 542 g/mol. The number of β-lactam (4-membered cyclic amide) rings is 1. The normalized spacial score (nSPS) is 20.1. The van der Waals surface area contributed by atoms with E-state index >= 15 is 0 Å². The first-order valence-corrected chi connectivity index (χ1v) is 13.5. The van der Waals surface area contributed by atoms with Crippen molar-refractivity contribution in [3.63, 3.8) is 0 Å². The van der Waals surface area contributed by atoms with Gasteiger partial charge in [0.25, 0.3) is 11.8 Å². The first-order valence-electron chi connectivity index (χ1n) is 9.83. The molecule has 180 valence electrons. The Morgan fingerprint density at radius 1 is 1.47 bits per heavy atom. The Morgan fingerprint density at radius 3 is 2.91 bits per heavy atom. The molecule has 2 aromatic rings. The predicted octanol–water partition coefficient (Wildman–Crippen LogP) is 1.02. The van der Waals surface area contributed by atoms with Gasteiger partial charge in [0, 0.05) is 16.9 Å². The first-order chi connectivity index (χ1) is 16.3. The molecule has 0 aromatic carbocycles. The minimum Gasteiger partial charge on any atom is -0.477 e. The monoisotopic (exact) mass is 541 g/mol. The van der Waals surface area contributed by atoms with Crippen molar-refractivity contribution in [2.24, 2.45) is 5.16 Å². The number of carbonyl (C=O) groups is 3. The lowest BCUT2D eigenvalue weighted by Crippen LogP contribution is -2.71. The molecule has 1 saturated heterocycles. The van der Waals surface area contributed by atoms with Crippen LogP contribution >= 0.6 is 46.4 Å². The maximum absolute atomic E-state index is 12.9. The van der Waals surface area contributed by atoms with E-state index in [9.17, 15) is 19.5 Å². The van der Waals surface area contributed by atoms with Crippen LogP contribution < -0.4 is 11.1 Å². The molecule has 0 bridgehead atoms. The highest BCUT2D eigenvalue weighted by molar-refractivity contribution is 8.01. The summed E-state index contributed by atoms with van der Waals surface area (Å²) in [4.78, 5) is 48.8. The molecule has 16 heteroatoms. The number of amides is 2. The number of thiazole rings is 1. The second-order valence-electron chi connectivity index (χ2n) is 6.96. The second kappa shape index (κ2) is 10.3. The van der Waals surface area contributed by atoms with E-state index in [0.717, 1.165) is 27.7 Å². The number of aromatic nitrogens is 3. The topological polar surface area (TPSA) is 173 Å². The van der Waals surface area contributed by atoms with Crippen LogP contribution in [-0.4, -0.2) is 78.1 Å². The molecule has 2 unspecified atom stereocenters. The van der Waals surface area contributed by atoms with E-state index in [1.165, 1.54) is 47.1 Å². The number of hydrogen-bond acceptors (Lipinski definition) is 13. The maximum Gasteiger partial charge on any atom is 0.352 e. The van der Waals surface area contributed by atoms with Crippen LogP contribution in [0.3, 0.4) is 0 Å². The van der Waals surface area contributed by atoms with Crippen LogP contribution in [-0.2, 0) is 25.6 Å². The van der Waals surface area contributed by atoms with Crippen molar-refractivity contribution in [3.8, 4) is 0 Å². The zero-order valence-corrected chi connectivity index (χ0v) is 21.1. The summed E-state index contributed by atoms with van der Waals surface area (Å²) in [6, 6.07) is -0.909. The number of anilines is 1. The molecule has 0 aliphatic carbocycles. The quantitative estimate of drug-likeness (QED) is 0.179. The SMILES string of the molecule is CCc1snnc1SCC1=C(C(=O)O)N2C(=O)C(NC(=O)/C(=N\OC)c3csc(N)n3)C2SC1. The van der Waals surface area contributed by atoms with Crippen LogP contribution in [0.2, 0.25) is 0 Å². The van der Waals surface area contributed by atoms with Crippen LogP contribution in [0.4, 0.5) is 5.13 Å². The number of oxime groups is 1. The van der Waals surface area contributed by atoms with Gasteiger partial charge in [-0.1, -0.05) is 28.3 Å². The molecule has 0 radical (unpaired) electrons. The molecule has 2 aromatic heterocycles. The van der Waals surface area contributed by atoms with E-state index in [0.29, 0.717) is 17.1 Å². The lowest BCUT2D eigenvalue weighted by molar-refractivity contribution is -0.150. The van der Waals surface area contributed by atoms with Gasteiger partial charge in [0.2, 0.25) is 0 Å². The number of fused-ring (bicyclic) bond motifs is 1. The van der Waals surface area contributed by atoms with Gasteiger partial charge in [-0.3, -0.25) is 14.5 Å². The molecule has 0 saturated carbocycles. The molecule has 2 atom stereocenters. The second-order valence-corrected chi connectivity index (χ2v) is 10.8. The van der Waals surface area contributed by atoms with E-state index in [2.05, 4.69) is 25.0 Å². The molecule has 4 heterocycles. The van der Waals surface area contributed by atoms with E-state index in [1.807, 2.05) is 6.92 Å². The third kappa shape index (κ3) is 4.62. The van der Waals surface area contributed by atoms with Crippen molar-refractivity contribution in [3.05, 3.63) is 27.2 Å². The Kier molecular flexibility index (Phi) is 7.39.